The molecule has 0 aliphatic carbocycles. The summed E-state index contributed by atoms with van der Waals surface area (Å²) >= 11 is 0. The number of benzene rings is 3. The van der Waals surface area contributed by atoms with Crippen LogP contribution in [0.25, 0.3) is 0 Å². The smallest absolute Gasteiger partial charge is 0.264 e. The van der Waals surface area contributed by atoms with Crippen LogP contribution in [-0.4, -0.2) is 27.4 Å². The summed E-state index contributed by atoms with van der Waals surface area (Å²) < 4.78 is 28.5. The van der Waals surface area contributed by atoms with Crippen LogP contribution in [0, 0.1) is 0 Å². The van der Waals surface area contributed by atoms with Crippen molar-refractivity contribution in [3.05, 3.63) is 95.6 Å². The van der Waals surface area contributed by atoms with Gasteiger partial charge in [0.2, 0.25) is 0 Å². The lowest BCUT2D eigenvalue weighted by Crippen LogP contribution is -2.34. The normalized spacial score (nSPS) is 13.4. The fourth-order valence-electron chi connectivity index (χ4n) is 3.54. The molecule has 0 radical (unpaired) electrons. The average molecular weight is 407 g/mol. The minimum absolute atomic E-state index is 0.130. The standard InChI is InChI=1S/C23H22N2O3S/c26-23-22-17-21(12-11-19(22)13-15-24-23)29(27,28)25(20-9-5-2-6-10-20)16-14-18-7-3-1-4-8-18/h1-12,17H,13-16H2,(H,24,26). The molecule has 3 aromatic carbocycles. The fourth-order valence-corrected chi connectivity index (χ4v) is 5.03. The number of nitrogens with zero attached hydrogens (tertiary/aromatic N) is 1. The number of nitrogens with one attached hydrogen (secondary N) is 1. The molecule has 0 aromatic heterocycles. The van der Waals surface area contributed by atoms with Gasteiger partial charge in [0.05, 0.1) is 10.6 Å². The van der Waals surface area contributed by atoms with Gasteiger partial charge in [-0.25, -0.2) is 8.42 Å². The van der Waals surface area contributed by atoms with E-state index in [1.54, 1.807) is 24.3 Å². The highest BCUT2D eigenvalue weighted by atomic mass is 32.2. The lowest BCUT2D eigenvalue weighted by molar-refractivity contribution is 0.0945. The SMILES string of the molecule is O=C1NCCc2ccc(S(=O)(=O)N(CCc3ccccc3)c3ccccc3)cc21. The largest absolute Gasteiger partial charge is 0.352 e. The Labute approximate surface area is 171 Å². The van der Waals surface area contributed by atoms with Crippen molar-refractivity contribution in [3.8, 4) is 0 Å². The first-order valence-electron chi connectivity index (χ1n) is 9.58. The van der Waals surface area contributed by atoms with E-state index in [-0.39, 0.29) is 10.8 Å². The number of rotatable bonds is 6. The number of fused-ring (bicyclic) bond motifs is 1. The topological polar surface area (TPSA) is 66.5 Å². The zero-order valence-corrected chi connectivity index (χ0v) is 16.7. The number of carbonyl (C=O) groups excluding carboxylic acids is 1. The second kappa shape index (κ2) is 8.09. The van der Waals surface area contributed by atoms with Gasteiger partial charge in [-0.3, -0.25) is 9.10 Å². The van der Waals surface area contributed by atoms with E-state index in [4.69, 9.17) is 0 Å². The zero-order valence-electron chi connectivity index (χ0n) is 15.9. The number of amides is 1. The molecule has 3 aromatic rings. The fraction of sp³-hybridized carbons (Fsp3) is 0.174. The molecule has 0 unspecified atom stereocenters. The molecule has 1 N–H and O–H groups in total. The van der Waals surface area contributed by atoms with E-state index in [1.165, 1.54) is 10.4 Å². The second-order valence-electron chi connectivity index (χ2n) is 6.97. The molecule has 0 saturated carbocycles. The third kappa shape index (κ3) is 4.03. The van der Waals surface area contributed by atoms with Crippen LogP contribution in [0.3, 0.4) is 0 Å². The summed E-state index contributed by atoms with van der Waals surface area (Å²) in [6.45, 7) is 0.880. The van der Waals surface area contributed by atoms with Gasteiger partial charge >= 0.3 is 0 Å². The third-order valence-corrected chi connectivity index (χ3v) is 6.91. The van der Waals surface area contributed by atoms with E-state index in [1.807, 2.05) is 48.5 Å². The van der Waals surface area contributed by atoms with E-state index >= 15 is 0 Å². The average Bonchev–Trinajstić information content (AvgIpc) is 2.75. The van der Waals surface area contributed by atoms with Gasteiger partial charge < -0.3 is 5.32 Å². The number of anilines is 1. The first-order valence-corrected chi connectivity index (χ1v) is 11.0. The van der Waals surface area contributed by atoms with Gasteiger partial charge in [0, 0.05) is 18.7 Å². The van der Waals surface area contributed by atoms with Crippen molar-refractivity contribution in [2.45, 2.75) is 17.7 Å². The predicted octanol–water partition coefficient (Wildman–Crippen LogP) is 3.41. The van der Waals surface area contributed by atoms with Crippen LogP contribution >= 0.6 is 0 Å². The minimum Gasteiger partial charge on any atom is -0.352 e. The first kappa shape index (κ1) is 19.2. The van der Waals surface area contributed by atoms with E-state index in [0.29, 0.717) is 37.2 Å². The van der Waals surface area contributed by atoms with Crippen molar-refractivity contribution in [1.82, 2.24) is 5.32 Å². The molecule has 0 atom stereocenters. The predicted molar refractivity (Wildman–Crippen MR) is 114 cm³/mol. The van der Waals surface area contributed by atoms with Crippen molar-refractivity contribution >= 4 is 21.6 Å². The molecule has 6 heteroatoms. The molecule has 1 aliphatic rings. The van der Waals surface area contributed by atoms with Crippen molar-refractivity contribution in [1.29, 1.82) is 0 Å². The van der Waals surface area contributed by atoms with Crippen LogP contribution in [0.5, 0.6) is 0 Å². The summed E-state index contributed by atoms with van der Waals surface area (Å²) in [5.74, 6) is -0.223. The van der Waals surface area contributed by atoms with Gasteiger partial charge in [0.1, 0.15) is 0 Å². The van der Waals surface area contributed by atoms with Crippen LogP contribution in [-0.2, 0) is 22.9 Å². The summed E-state index contributed by atoms with van der Waals surface area (Å²) in [6, 6.07) is 23.7. The maximum atomic E-state index is 13.5. The van der Waals surface area contributed by atoms with Gasteiger partial charge in [-0.05, 0) is 48.2 Å². The van der Waals surface area contributed by atoms with E-state index in [0.717, 1.165) is 11.1 Å². The summed E-state index contributed by atoms with van der Waals surface area (Å²) in [5.41, 5.74) is 2.98. The molecule has 29 heavy (non-hydrogen) atoms. The summed E-state index contributed by atoms with van der Waals surface area (Å²) in [5, 5.41) is 2.78. The molecule has 4 rings (SSSR count). The Morgan fingerprint density at radius 2 is 1.59 bits per heavy atom. The van der Waals surface area contributed by atoms with Crippen molar-refractivity contribution in [3.63, 3.8) is 0 Å². The van der Waals surface area contributed by atoms with E-state index < -0.39 is 10.0 Å². The van der Waals surface area contributed by atoms with Gasteiger partial charge in [-0.15, -0.1) is 0 Å². The molecule has 1 heterocycles. The molecular weight excluding hydrogens is 384 g/mol. The van der Waals surface area contributed by atoms with Crippen LogP contribution in [0.15, 0.2) is 83.8 Å². The quantitative estimate of drug-likeness (QED) is 0.682. The molecule has 0 saturated heterocycles. The molecule has 1 amide bonds. The lowest BCUT2D eigenvalue weighted by Gasteiger charge is -2.25. The summed E-state index contributed by atoms with van der Waals surface area (Å²) in [4.78, 5) is 12.3. The number of para-hydroxylation sites is 1. The van der Waals surface area contributed by atoms with Gasteiger partial charge in [0.15, 0.2) is 0 Å². The van der Waals surface area contributed by atoms with Crippen LogP contribution in [0.1, 0.15) is 21.5 Å². The monoisotopic (exact) mass is 406 g/mol. The molecular formula is C23H22N2O3S. The van der Waals surface area contributed by atoms with Crippen molar-refractivity contribution in [2.75, 3.05) is 17.4 Å². The van der Waals surface area contributed by atoms with Gasteiger partial charge in [0.25, 0.3) is 15.9 Å². The Morgan fingerprint density at radius 1 is 0.897 bits per heavy atom. The van der Waals surface area contributed by atoms with Crippen molar-refractivity contribution in [2.24, 2.45) is 0 Å². The Hall–Kier alpha value is -3.12. The summed E-state index contributed by atoms with van der Waals surface area (Å²) in [7, 11) is -3.83. The maximum absolute atomic E-state index is 13.5. The third-order valence-electron chi connectivity index (χ3n) is 5.08. The summed E-state index contributed by atoms with van der Waals surface area (Å²) in [6.07, 6.45) is 1.29. The van der Waals surface area contributed by atoms with Crippen LogP contribution < -0.4 is 9.62 Å². The zero-order chi connectivity index (χ0) is 20.3. The molecule has 0 bridgehead atoms. The van der Waals surface area contributed by atoms with Gasteiger partial charge in [-0.1, -0.05) is 54.6 Å². The first-order chi connectivity index (χ1) is 14.1. The maximum Gasteiger partial charge on any atom is 0.264 e. The Kier molecular flexibility index (Phi) is 5.36. The Bertz CT molecular complexity index is 1110. The van der Waals surface area contributed by atoms with Crippen molar-refractivity contribution < 1.29 is 13.2 Å². The molecule has 1 aliphatic heterocycles. The second-order valence-corrected chi connectivity index (χ2v) is 8.84. The highest BCUT2D eigenvalue weighted by Crippen LogP contribution is 2.26. The Balaban J connectivity index is 1.71. The highest BCUT2D eigenvalue weighted by molar-refractivity contribution is 7.92. The highest BCUT2D eigenvalue weighted by Gasteiger charge is 2.27. The number of hydrogen-bond acceptors (Lipinski definition) is 3. The number of carbonyl (C=O) groups is 1. The lowest BCUT2D eigenvalue weighted by atomic mass is 10.0. The minimum atomic E-state index is -3.83. The van der Waals surface area contributed by atoms with E-state index in [2.05, 4.69) is 5.32 Å². The molecule has 0 fully saturated rings. The number of hydrogen-bond donors (Lipinski definition) is 1. The van der Waals surface area contributed by atoms with E-state index in [9.17, 15) is 13.2 Å². The Morgan fingerprint density at radius 3 is 2.31 bits per heavy atom. The van der Waals surface area contributed by atoms with Crippen LogP contribution in [0.4, 0.5) is 5.69 Å². The molecule has 148 valence electrons. The molecule has 0 spiro atoms. The molecule has 5 nitrogen and oxygen atoms in total. The number of sulfonamides is 1. The van der Waals surface area contributed by atoms with Gasteiger partial charge in [-0.2, -0.15) is 0 Å². The van der Waals surface area contributed by atoms with Crippen LogP contribution in [0.2, 0.25) is 0 Å².